The molecule has 34 heavy (non-hydrogen) atoms. The summed E-state index contributed by atoms with van der Waals surface area (Å²) < 4.78 is 15.3. The zero-order valence-electron chi connectivity index (χ0n) is 25.1. The van der Waals surface area contributed by atoms with Crippen LogP contribution in [0.1, 0.15) is 61.8 Å². The van der Waals surface area contributed by atoms with E-state index in [1.54, 1.807) is 21.3 Å². The molecule has 0 spiro atoms. The molecule has 1 aliphatic heterocycles. The number of hydrogen-bond acceptors (Lipinski definition) is 7. The summed E-state index contributed by atoms with van der Waals surface area (Å²) in [7, 11) is 7.45. The van der Waals surface area contributed by atoms with Gasteiger partial charge >= 0.3 is 0 Å². The largest absolute Gasteiger partial charge is 0.383 e. The molecule has 0 radical (unpaired) electrons. The highest BCUT2D eigenvalue weighted by Gasteiger charge is 2.23. The number of likely N-dealkylation sites (N-methyl/N-ethyl adjacent to an activating group) is 2. The third kappa shape index (κ3) is 19.0. The minimum Gasteiger partial charge on any atom is -0.383 e. The molecule has 0 N–H and O–H groups in total. The fourth-order valence-electron chi connectivity index (χ4n) is 3.56. The fourth-order valence-corrected chi connectivity index (χ4v) is 3.56. The van der Waals surface area contributed by atoms with Gasteiger partial charge in [0.25, 0.3) is 0 Å². The van der Waals surface area contributed by atoms with Gasteiger partial charge in [-0.1, -0.05) is 13.8 Å². The maximum Gasteiger partial charge on any atom is 0.0710 e. The Hall–Kier alpha value is -0.280. The lowest BCUT2D eigenvalue weighted by molar-refractivity contribution is 0.0967. The van der Waals surface area contributed by atoms with Gasteiger partial charge in [-0.2, -0.15) is 0 Å². The van der Waals surface area contributed by atoms with Gasteiger partial charge in [-0.05, 0) is 68.1 Å². The van der Waals surface area contributed by atoms with Crippen LogP contribution in [0.15, 0.2) is 0 Å². The molecule has 0 aliphatic carbocycles. The molecule has 0 aromatic rings. The van der Waals surface area contributed by atoms with Gasteiger partial charge < -0.3 is 24.0 Å². The van der Waals surface area contributed by atoms with Crippen LogP contribution in [0, 0.1) is 0 Å². The van der Waals surface area contributed by atoms with Crippen LogP contribution < -0.4 is 0 Å². The van der Waals surface area contributed by atoms with E-state index < -0.39 is 0 Å². The first-order valence-corrected chi connectivity index (χ1v) is 13.5. The molecule has 0 aromatic heterocycles. The summed E-state index contributed by atoms with van der Waals surface area (Å²) in [5.41, 5.74) is 0. The highest BCUT2D eigenvalue weighted by molar-refractivity contribution is 4.77. The average molecular weight is 491 g/mol. The van der Waals surface area contributed by atoms with Gasteiger partial charge in [-0.15, -0.1) is 0 Å². The molecule has 1 heterocycles. The molecule has 0 saturated carbocycles. The van der Waals surface area contributed by atoms with Crippen molar-refractivity contribution in [2.24, 2.45) is 0 Å². The van der Waals surface area contributed by atoms with Gasteiger partial charge in [-0.3, -0.25) is 9.80 Å². The predicted octanol–water partition coefficient (Wildman–Crippen LogP) is 3.77. The second-order valence-electron chi connectivity index (χ2n) is 9.95. The zero-order chi connectivity index (χ0) is 26.5. The summed E-state index contributed by atoms with van der Waals surface area (Å²) in [5.74, 6) is 0. The van der Waals surface area contributed by atoms with Crippen LogP contribution in [0.5, 0.6) is 0 Å². The first-order chi connectivity index (χ1) is 16.1. The third-order valence-corrected chi connectivity index (χ3v) is 6.68. The van der Waals surface area contributed by atoms with Crippen molar-refractivity contribution in [3.8, 4) is 0 Å². The monoisotopic (exact) mass is 490 g/mol. The Morgan fingerprint density at radius 3 is 1.62 bits per heavy atom. The normalized spacial score (nSPS) is 16.6. The Balaban J connectivity index is 0. The first kappa shape index (κ1) is 35.9. The quantitative estimate of drug-likeness (QED) is 0.346. The maximum atomic E-state index is 5.25. The standard InChI is InChI=1S/C10H24N2.C9H21NO2.C8H17NO/c1-6-12(7-2)9-8-11(5)10(3)4;1-9(2)10(5-7-11-3)6-8-12-4;1-7(2)9-5-4-8(6-9)10-3/h10H,6-9H2,1-5H3;9H,5-8H2,1-4H3;7-8H,4-6H2,1-3H3. The summed E-state index contributed by atoms with van der Waals surface area (Å²) in [6.07, 6.45) is 1.69. The van der Waals surface area contributed by atoms with Crippen molar-refractivity contribution in [2.75, 3.05) is 93.9 Å². The summed E-state index contributed by atoms with van der Waals surface area (Å²) >= 11 is 0. The van der Waals surface area contributed by atoms with E-state index in [0.717, 1.165) is 32.8 Å². The molecule has 0 amide bonds. The minimum atomic E-state index is 0.488. The van der Waals surface area contributed by atoms with Crippen LogP contribution in [-0.4, -0.2) is 138 Å². The van der Waals surface area contributed by atoms with Gasteiger partial charge in [0.05, 0.1) is 19.3 Å². The lowest BCUT2D eigenvalue weighted by atomic mass is 10.3. The van der Waals surface area contributed by atoms with Crippen molar-refractivity contribution < 1.29 is 14.2 Å². The lowest BCUT2D eigenvalue weighted by Gasteiger charge is -2.25. The molecule has 1 rings (SSSR count). The number of nitrogens with zero attached hydrogens (tertiary/aromatic N) is 4. The smallest absolute Gasteiger partial charge is 0.0710 e. The molecule has 7 nitrogen and oxygen atoms in total. The molecule has 0 aromatic carbocycles. The van der Waals surface area contributed by atoms with E-state index in [1.165, 1.54) is 39.1 Å². The molecule has 1 saturated heterocycles. The summed E-state index contributed by atoms with van der Waals surface area (Å²) in [6.45, 7) is 28.4. The highest BCUT2D eigenvalue weighted by atomic mass is 16.5. The Bertz CT molecular complexity index is 411. The van der Waals surface area contributed by atoms with E-state index in [0.29, 0.717) is 24.2 Å². The van der Waals surface area contributed by atoms with E-state index in [-0.39, 0.29) is 0 Å². The number of rotatable bonds is 15. The Kier molecular flexibility index (Phi) is 24.4. The van der Waals surface area contributed by atoms with Gasteiger partial charge in [0.1, 0.15) is 0 Å². The van der Waals surface area contributed by atoms with Gasteiger partial charge in [0, 0.05) is 78.7 Å². The predicted molar refractivity (Wildman–Crippen MR) is 148 cm³/mol. The van der Waals surface area contributed by atoms with E-state index in [1.807, 2.05) is 0 Å². The molecule has 1 fully saturated rings. The molecule has 1 atom stereocenters. The highest BCUT2D eigenvalue weighted by Crippen LogP contribution is 2.13. The summed E-state index contributed by atoms with van der Waals surface area (Å²) in [6, 6.07) is 1.91. The van der Waals surface area contributed by atoms with E-state index in [4.69, 9.17) is 14.2 Å². The van der Waals surface area contributed by atoms with Crippen molar-refractivity contribution in [3.63, 3.8) is 0 Å². The van der Waals surface area contributed by atoms with Gasteiger partial charge in [-0.25, -0.2) is 0 Å². The first-order valence-electron chi connectivity index (χ1n) is 13.5. The van der Waals surface area contributed by atoms with E-state index in [9.17, 15) is 0 Å². The van der Waals surface area contributed by atoms with Crippen LogP contribution in [0.25, 0.3) is 0 Å². The van der Waals surface area contributed by atoms with Crippen molar-refractivity contribution in [3.05, 3.63) is 0 Å². The van der Waals surface area contributed by atoms with Crippen LogP contribution in [-0.2, 0) is 14.2 Å². The van der Waals surface area contributed by atoms with Crippen molar-refractivity contribution >= 4 is 0 Å². The Morgan fingerprint density at radius 2 is 1.32 bits per heavy atom. The average Bonchev–Trinajstić information content (AvgIpc) is 3.30. The molecule has 1 unspecified atom stereocenters. The van der Waals surface area contributed by atoms with Crippen LogP contribution in [0.2, 0.25) is 0 Å². The number of ether oxygens (including phenoxy) is 3. The maximum absolute atomic E-state index is 5.25. The Morgan fingerprint density at radius 1 is 0.794 bits per heavy atom. The third-order valence-electron chi connectivity index (χ3n) is 6.68. The number of likely N-dealkylation sites (tertiary alicyclic amines) is 1. The topological polar surface area (TPSA) is 40.7 Å². The summed E-state index contributed by atoms with van der Waals surface area (Å²) in [4.78, 5) is 9.64. The molecule has 208 valence electrons. The van der Waals surface area contributed by atoms with Gasteiger partial charge in [0.2, 0.25) is 0 Å². The van der Waals surface area contributed by atoms with Crippen LogP contribution >= 0.6 is 0 Å². The van der Waals surface area contributed by atoms with Crippen molar-refractivity contribution in [1.29, 1.82) is 0 Å². The molecular formula is C27H62N4O3. The van der Waals surface area contributed by atoms with E-state index >= 15 is 0 Å². The van der Waals surface area contributed by atoms with Crippen LogP contribution in [0.4, 0.5) is 0 Å². The number of hydrogen-bond donors (Lipinski definition) is 0. The molecule has 1 aliphatic rings. The number of methoxy groups -OCH3 is 3. The fraction of sp³-hybridized carbons (Fsp3) is 1.00. The molecule has 7 heteroatoms. The lowest BCUT2D eigenvalue weighted by Crippen LogP contribution is -2.36. The van der Waals surface area contributed by atoms with Crippen LogP contribution in [0.3, 0.4) is 0 Å². The second-order valence-corrected chi connectivity index (χ2v) is 9.95. The SMILES string of the molecule is CCN(CC)CCN(C)C(C)C.COC1CCN(C(C)C)C1.COCCN(CCOC)C(C)C. The van der Waals surface area contributed by atoms with Crippen molar-refractivity contribution in [1.82, 2.24) is 19.6 Å². The zero-order valence-corrected chi connectivity index (χ0v) is 25.1. The summed E-state index contributed by atoms with van der Waals surface area (Å²) in [5, 5.41) is 0. The Labute approximate surface area is 214 Å². The minimum absolute atomic E-state index is 0.488. The van der Waals surface area contributed by atoms with E-state index in [2.05, 4.69) is 82.0 Å². The second kappa shape index (κ2) is 23.1. The molecular weight excluding hydrogens is 428 g/mol. The van der Waals surface area contributed by atoms with Gasteiger partial charge in [0.15, 0.2) is 0 Å². The molecule has 0 bridgehead atoms. The van der Waals surface area contributed by atoms with Crippen molar-refractivity contribution in [2.45, 2.75) is 86.0 Å².